The maximum absolute atomic E-state index is 6.04. The van der Waals surface area contributed by atoms with Gasteiger partial charge < -0.3 is 15.0 Å². The molecule has 1 aromatic heterocycles. The Morgan fingerprint density at radius 2 is 2.00 bits per heavy atom. The number of hydrogen-bond acceptors (Lipinski definition) is 5. The van der Waals surface area contributed by atoms with E-state index in [9.17, 15) is 0 Å². The molecule has 0 radical (unpaired) electrons. The maximum Gasteiger partial charge on any atom is 0.243 e. The Labute approximate surface area is 103 Å². The fraction of sp³-hybridized carbons (Fsp3) is 0.833. The van der Waals surface area contributed by atoms with Gasteiger partial charge in [-0.2, -0.15) is 4.98 Å². The lowest BCUT2D eigenvalue weighted by Crippen LogP contribution is -2.19. The smallest absolute Gasteiger partial charge is 0.243 e. The van der Waals surface area contributed by atoms with Crippen LogP contribution in [-0.4, -0.2) is 17.3 Å². The summed E-state index contributed by atoms with van der Waals surface area (Å²) in [6.07, 6.45) is 0.841. The number of rotatable bonds is 6. The third-order valence-corrected chi connectivity index (χ3v) is 3.11. The largest absolute Gasteiger partial charge is 0.373 e. The minimum absolute atomic E-state index is 0.142. The van der Waals surface area contributed by atoms with Crippen molar-refractivity contribution in [2.24, 2.45) is 17.6 Å². The second-order valence-corrected chi connectivity index (χ2v) is 4.80. The predicted octanol–water partition coefficient (Wildman–Crippen LogP) is 2.46. The van der Waals surface area contributed by atoms with Gasteiger partial charge in [-0.05, 0) is 11.8 Å². The van der Waals surface area contributed by atoms with Gasteiger partial charge in [0, 0.05) is 7.11 Å². The zero-order valence-corrected chi connectivity index (χ0v) is 11.3. The third kappa shape index (κ3) is 3.26. The van der Waals surface area contributed by atoms with Crippen LogP contribution in [0.25, 0.3) is 0 Å². The average Bonchev–Trinajstić information content (AvgIpc) is 2.76. The molecule has 0 saturated heterocycles. The molecule has 1 aromatic rings. The molecule has 5 nitrogen and oxygen atoms in total. The summed E-state index contributed by atoms with van der Waals surface area (Å²) in [5, 5.41) is 3.96. The molecule has 17 heavy (non-hydrogen) atoms. The van der Waals surface area contributed by atoms with Crippen molar-refractivity contribution in [2.75, 3.05) is 7.11 Å². The predicted molar refractivity (Wildman–Crippen MR) is 65.3 cm³/mol. The first kappa shape index (κ1) is 14.1. The second kappa shape index (κ2) is 6.12. The van der Waals surface area contributed by atoms with Crippen LogP contribution in [0.5, 0.6) is 0 Å². The summed E-state index contributed by atoms with van der Waals surface area (Å²) in [6, 6.07) is -0.203. The van der Waals surface area contributed by atoms with E-state index in [4.69, 9.17) is 15.0 Å². The number of aromatic nitrogens is 2. The SMILES string of the molecule is CC[C@H](C)[C@H](N)c1nc(C(OC)C(C)C)no1. The van der Waals surface area contributed by atoms with Crippen LogP contribution in [0.2, 0.25) is 0 Å². The van der Waals surface area contributed by atoms with Crippen molar-refractivity contribution in [2.45, 2.75) is 46.3 Å². The zero-order chi connectivity index (χ0) is 13.0. The first-order chi connectivity index (χ1) is 8.01. The van der Waals surface area contributed by atoms with Crippen molar-refractivity contribution in [1.29, 1.82) is 0 Å². The highest BCUT2D eigenvalue weighted by Crippen LogP contribution is 2.25. The maximum atomic E-state index is 6.04. The lowest BCUT2D eigenvalue weighted by molar-refractivity contribution is 0.0555. The van der Waals surface area contributed by atoms with Crippen LogP contribution in [0.3, 0.4) is 0 Å². The van der Waals surface area contributed by atoms with Gasteiger partial charge in [0.25, 0.3) is 0 Å². The van der Waals surface area contributed by atoms with Gasteiger partial charge >= 0.3 is 0 Å². The van der Waals surface area contributed by atoms with Gasteiger partial charge in [0.15, 0.2) is 0 Å². The van der Waals surface area contributed by atoms with Crippen LogP contribution >= 0.6 is 0 Å². The van der Waals surface area contributed by atoms with E-state index in [0.717, 1.165) is 6.42 Å². The number of methoxy groups -OCH3 is 1. The molecule has 0 saturated carbocycles. The Morgan fingerprint density at radius 1 is 1.35 bits per heavy atom. The molecule has 5 heteroatoms. The van der Waals surface area contributed by atoms with Crippen LogP contribution in [0.4, 0.5) is 0 Å². The normalized spacial score (nSPS) is 17.1. The number of nitrogens with two attached hydrogens (primary N) is 1. The summed E-state index contributed by atoms with van der Waals surface area (Å²) in [7, 11) is 1.65. The Kier molecular flexibility index (Phi) is 5.08. The molecule has 0 spiro atoms. The van der Waals surface area contributed by atoms with E-state index in [0.29, 0.717) is 23.6 Å². The summed E-state index contributed by atoms with van der Waals surface area (Å²) >= 11 is 0. The molecule has 0 aliphatic carbocycles. The quantitative estimate of drug-likeness (QED) is 0.828. The van der Waals surface area contributed by atoms with Crippen LogP contribution in [0.1, 0.15) is 58.0 Å². The first-order valence-electron chi connectivity index (χ1n) is 6.13. The molecule has 0 bridgehead atoms. The molecule has 0 aromatic carbocycles. The lowest BCUT2D eigenvalue weighted by Gasteiger charge is -2.15. The van der Waals surface area contributed by atoms with Crippen molar-refractivity contribution in [3.05, 3.63) is 11.7 Å². The van der Waals surface area contributed by atoms with E-state index in [2.05, 4.69) is 37.8 Å². The van der Waals surface area contributed by atoms with Crippen molar-refractivity contribution >= 4 is 0 Å². The van der Waals surface area contributed by atoms with Gasteiger partial charge in [-0.15, -0.1) is 0 Å². The number of hydrogen-bond donors (Lipinski definition) is 1. The van der Waals surface area contributed by atoms with Gasteiger partial charge in [0.1, 0.15) is 6.10 Å². The molecular formula is C12H23N3O2. The standard InChI is InChI=1S/C12H23N3O2/c1-6-8(4)9(13)12-14-11(15-17-12)10(16-5)7(2)3/h7-10H,6,13H2,1-5H3/t8-,9-,10?/m0/s1. The summed E-state index contributed by atoms with van der Waals surface area (Å²) in [5.74, 6) is 1.70. The second-order valence-electron chi connectivity index (χ2n) is 4.80. The van der Waals surface area contributed by atoms with E-state index in [-0.39, 0.29) is 12.1 Å². The minimum atomic E-state index is -0.203. The van der Waals surface area contributed by atoms with Crippen LogP contribution in [-0.2, 0) is 4.74 Å². The van der Waals surface area contributed by atoms with Crippen LogP contribution in [0.15, 0.2) is 4.52 Å². The van der Waals surface area contributed by atoms with Gasteiger partial charge in [-0.25, -0.2) is 0 Å². The molecule has 0 fully saturated rings. The Morgan fingerprint density at radius 3 is 2.47 bits per heavy atom. The minimum Gasteiger partial charge on any atom is -0.373 e. The Balaban J connectivity index is 2.83. The van der Waals surface area contributed by atoms with Crippen molar-refractivity contribution in [3.63, 3.8) is 0 Å². The van der Waals surface area contributed by atoms with E-state index >= 15 is 0 Å². The van der Waals surface area contributed by atoms with Crippen LogP contribution in [0, 0.1) is 11.8 Å². The molecule has 1 heterocycles. The molecule has 3 atom stereocenters. The summed E-state index contributed by atoms with van der Waals surface area (Å²) in [6.45, 7) is 8.27. The number of ether oxygens (including phenoxy) is 1. The van der Waals surface area contributed by atoms with Crippen molar-refractivity contribution < 1.29 is 9.26 Å². The van der Waals surface area contributed by atoms with E-state index in [1.165, 1.54) is 0 Å². The molecular weight excluding hydrogens is 218 g/mol. The highest BCUT2D eigenvalue weighted by atomic mass is 16.5. The number of nitrogens with zero attached hydrogens (tertiary/aromatic N) is 2. The molecule has 0 aliphatic rings. The van der Waals surface area contributed by atoms with E-state index < -0.39 is 0 Å². The molecule has 1 unspecified atom stereocenters. The lowest BCUT2D eigenvalue weighted by atomic mass is 10.0. The van der Waals surface area contributed by atoms with E-state index in [1.807, 2.05) is 0 Å². The van der Waals surface area contributed by atoms with Gasteiger partial charge in [-0.1, -0.05) is 39.3 Å². The zero-order valence-electron chi connectivity index (χ0n) is 11.3. The van der Waals surface area contributed by atoms with Crippen molar-refractivity contribution in [1.82, 2.24) is 10.1 Å². The highest BCUT2D eigenvalue weighted by Gasteiger charge is 2.25. The third-order valence-electron chi connectivity index (χ3n) is 3.11. The summed E-state index contributed by atoms with van der Waals surface area (Å²) in [4.78, 5) is 4.34. The highest BCUT2D eigenvalue weighted by molar-refractivity contribution is 4.97. The van der Waals surface area contributed by atoms with E-state index in [1.54, 1.807) is 7.11 Å². The van der Waals surface area contributed by atoms with Gasteiger partial charge in [0.05, 0.1) is 6.04 Å². The first-order valence-corrected chi connectivity index (χ1v) is 6.13. The average molecular weight is 241 g/mol. The van der Waals surface area contributed by atoms with Crippen molar-refractivity contribution in [3.8, 4) is 0 Å². The van der Waals surface area contributed by atoms with Gasteiger partial charge in [0.2, 0.25) is 11.7 Å². The summed E-state index contributed by atoms with van der Waals surface area (Å²) in [5.41, 5.74) is 6.04. The summed E-state index contributed by atoms with van der Waals surface area (Å²) < 4.78 is 10.6. The Hall–Kier alpha value is -0.940. The fourth-order valence-electron chi connectivity index (χ4n) is 1.67. The molecule has 0 amide bonds. The molecule has 98 valence electrons. The molecule has 1 rings (SSSR count). The fourth-order valence-corrected chi connectivity index (χ4v) is 1.67. The van der Waals surface area contributed by atoms with Crippen LogP contribution < -0.4 is 5.73 Å². The topological polar surface area (TPSA) is 74.2 Å². The van der Waals surface area contributed by atoms with Gasteiger partial charge in [-0.3, -0.25) is 0 Å². The Bertz CT molecular complexity index is 338. The monoisotopic (exact) mass is 241 g/mol. The molecule has 2 N–H and O–H groups in total. The molecule has 0 aliphatic heterocycles.